The molecule has 11 rings (SSSR count). The Morgan fingerprint density at radius 1 is 0.226 bits per heavy atom. The van der Waals surface area contributed by atoms with E-state index in [1.54, 1.807) is 0 Å². The minimum Gasteiger partial charge on any atom is -0.310 e. The van der Waals surface area contributed by atoms with E-state index in [4.69, 9.17) is 0 Å². The summed E-state index contributed by atoms with van der Waals surface area (Å²) in [5.74, 6) is 0. The summed E-state index contributed by atoms with van der Waals surface area (Å²) < 4.78 is 0. The van der Waals surface area contributed by atoms with E-state index in [1.165, 1.54) is 88.7 Å². The number of nitrogens with zero attached hydrogens (tertiary/aromatic N) is 1. The van der Waals surface area contributed by atoms with Gasteiger partial charge in [-0.25, -0.2) is 0 Å². The molecule has 53 heavy (non-hydrogen) atoms. The number of hydrogen-bond donors (Lipinski definition) is 0. The van der Waals surface area contributed by atoms with Gasteiger partial charge in [0.15, 0.2) is 0 Å². The molecule has 0 fully saturated rings. The van der Waals surface area contributed by atoms with Crippen molar-refractivity contribution < 1.29 is 0 Å². The molecule has 2 aliphatic rings. The average Bonchev–Trinajstić information content (AvgIpc) is 3.34. The van der Waals surface area contributed by atoms with Crippen molar-refractivity contribution in [3.63, 3.8) is 0 Å². The van der Waals surface area contributed by atoms with Crippen LogP contribution in [0.1, 0.15) is 0 Å². The van der Waals surface area contributed by atoms with E-state index in [9.17, 15) is 0 Å². The lowest BCUT2D eigenvalue weighted by Gasteiger charge is -2.26. The molecule has 0 unspecified atom stereocenters. The van der Waals surface area contributed by atoms with Gasteiger partial charge in [0.2, 0.25) is 0 Å². The Morgan fingerprint density at radius 3 is 1.36 bits per heavy atom. The maximum atomic E-state index is 2.42. The maximum Gasteiger partial charge on any atom is 0.0468 e. The Bertz CT molecular complexity index is 2840. The van der Waals surface area contributed by atoms with Crippen molar-refractivity contribution >= 4 is 27.8 Å². The number of benzene rings is 9. The Labute approximate surface area is 309 Å². The third kappa shape index (κ3) is 4.71. The molecule has 0 heterocycles. The van der Waals surface area contributed by atoms with Gasteiger partial charge < -0.3 is 4.90 Å². The topological polar surface area (TPSA) is 3.24 Å². The van der Waals surface area contributed by atoms with Gasteiger partial charge in [0.1, 0.15) is 0 Å². The van der Waals surface area contributed by atoms with E-state index < -0.39 is 0 Å². The van der Waals surface area contributed by atoms with Crippen molar-refractivity contribution in [3.05, 3.63) is 200 Å². The van der Waals surface area contributed by atoms with Gasteiger partial charge in [0, 0.05) is 17.1 Å². The molecule has 1 nitrogen and oxygen atoms in total. The highest BCUT2D eigenvalue weighted by Gasteiger charge is 2.30. The minimum atomic E-state index is 1.12. The lowest BCUT2D eigenvalue weighted by molar-refractivity contribution is 1.29. The second kappa shape index (κ2) is 11.8. The molecule has 0 saturated carbocycles. The smallest absolute Gasteiger partial charge is 0.0468 e. The summed E-state index contributed by atoms with van der Waals surface area (Å²) in [4.78, 5) is 2.36. The molecule has 0 aliphatic heterocycles. The fourth-order valence-electron chi connectivity index (χ4n) is 8.68. The third-order valence-electron chi connectivity index (χ3n) is 11.2. The zero-order chi connectivity index (χ0) is 34.9. The Morgan fingerprint density at radius 2 is 0.679 bits per heavy atom. The molecular formula is C52H33N. The predicted octanol–water partition coefficient (Wildman–Crippen LogP) is 14.6. The van der Waals surface area contributed by atoms with E-state index >= 15 is 0 Å². The van der Waals surface area contributed by atoms with Gasteiger partial charge in [-0.05, 0) is 131 Å². The second-order valence-corrected chi connectivity index (χ2v) is 14.1. The second-order valence-electron chi connectivity index (χ2n) is 14.1. The molecular weight excluding hydrogens is 639 g/mol. The van der Waals surface area contributed by atoms with Crippen molar-refractivity contribution in [1.29, 1.82) is 0 Å². The van der Waals surface area contributed by atoms with Crippen LogP contribution in [-0.2, 0) is 0 Å². The summed E-state index contributed by atoms with van der Waals surface area (Å²) in [5, 5.41) is 2.46. The monoisotopic (exact) mass is 671 g/mol. The van der Waals surface area contributed by atoms with Gasteiger partial charge in [-0.2, -0.15) is 0 Å². The van der Waals surface area contributed by atoms with Crippen molar-refractivity contribution in [3.8, 4) is 77.9 Å². The summed E-state index contributed by atoms with van der Waals surface area (Å²) in [7, 11) is 0. The summed E-state index contributed by atoms with van der Waals surface area (Å²) >= 11 is 0. The fraction of sp³-hybridized carbons (Fsp3) is 0. The molecule has 0 aromatic heterocycles. The highest BCUT2D eigenvalue weighted by atomic mass is 15.1. The standard InChI is InChI=1S/C52H33N/c1-2-10-34(11-3-1)36-20-26-40(27-21-36)53(42-30-24-35-12-4-5-13-38(35)32-42)41-28-22-37(23-29-41)39-25-31-44-47-17-9-18-48-49-19-8-16-46(52(49)50(44)33-39)43-14-6-7-15-45(43)51(47)48/h1-33H. The van der Waals surface area contributed by atoms with E-state index in [1.807, 2.05) is 0 Å². The molecule has 0 atom stereocenters. The van der Waals surface area contributed by atoms with Gasteiger partial charge in [-0.15, -0.1) is 0 Å². The van der Waals surface area contributed by atoms with Crippen LogP contribution in [0.3, 0.4) is 0 Å². The van der Waals surface area contributed by atoms with Crippen LogP contribution in [-0.4, -0.2) is 0 Å². The Kier molecular flexibility index (Phi) is 6.62. The predicted molar refractivity (Wildman–Crippen MR) is 224 cm³/mol. The van der Waals surface area contributed by atoms with Crippen molar-refractivity contribution in [2.75, 3.05) is 4.90 Å². The van der Waals surface area contributed by atoms with E-state index in [0.717, 1.165) is 17.1 Å². The highest BCUT2D eigenvalue weighted by Crippen LogP contribution is 2.57. The SMILES string of the molecule is c1ccc(-c2ccc(N(c3ccc(-c4ccc5c(c4)-c4c6cccc4-c4cccc-5c4-c4ccccc4-6)cc3)c3ccc4ccccc4c3)cc2)cc1. The first kappa shape index (κ1) is 29.7. The molecule has 0 amide bonds. The van der Waals surface area contributed by atoms with Gasteiger partial charge in [0.05, 0.1) is 0 Å². The van der Waals surface area contributed by atoms with Gasteiger partial charge >= 0.3 is 0 Å². The van der Waals surface area contributed by atoms with Crippen LogP contribution >= 0.6 is 0 Å². The lowest BCUT2D eigenvalue weighted by Crippen LogP contribution is -2.09. The van der Waals surface area contributed by atoms with Crippen molar-refractivity contribution in [2.45, 2.75) is 0 Å². The largest absolute Gasteiger partial charge is 0.310 e. The van der Waals surface area contributed by atoms with E-state index in [0.29, 0.717) is 0 Å². The summed E-state index contributed by atoms with van der Waals surface area (Å²) in [6.45, 7) is 0. The van der Waals surface area contributed by atoms with Crippen LogP contribution in [0.15, 0.2) is 200 Å². The van der Waals surface area contributed by atoms with Crippen LogP contribution in [0.25, 0.3) is 88.7 Å². The first-order chi connectivity index (χ1) is 26.3. The highest BCUT2D eigenvalue weighted by molar-refractivity contribution is 6.15. The molecule has 9 aromatic carbocycles. The zero-order valence-electron chi connectivity index (χ0n) is 29.0. The van der Waals surface area contributed by atoms with Crippen LogP contribution in [0.5, 0.6) is 0 Å². The molecule has 246 valence electrons. The van der Waals surface area contributed by atoms with Crippen LogP contribution < -0.4 is 4.90 Å². The van der Waals surface area contributed by atoms with E-state index in [2.05, 4.69) is 205 Å². The molecule has 0 saturated heterocycles. The van der Waals surface area contributed by atoms with E-state index in [-0.39, 0.29) is 0 Å². The first-order valence-electron chi connectivity index (χ1n) is 18.3. The zero-order valence-corrected chi connectivity index (χ0v) is 29.0. The third-order valence-corrected chi connectivity index (χ3v) is 11.2. The normalized spacial score (nSPS) is 11.8. The lowest BCUT2D eigenvalue weighted by atomic mass is 9.83. The molecule has 0 radical (unpaired) electrons. The van der Waals surface area contributed by atoms with Gasteiger partial charge in [0.25, 0.3) is 0 Å². The number of hydrogen-bond acceptors (Lipinski definition) is 1. The number of rotatable bonds is 5. The first-order valence-corrected chi connectivity index (χ1v) is 18.3. The molecule has 9 aromatic rings. The maximum absolute atomic E-state index is 2.42. The fourth-order valence-corrected chi connectivity index (χ4v) is 8.68. The summed E-state index contributed by atoms with van der Waals surface area (Å²) in [6, 6.07) is 73.5. The van der Waals surface area contributed by atoms with Gasteiger partial charge in [-0.1, -0.05) is 158 Å². The quantitative estimate of drug-likeness (QED) is 0.176. The molecule has 0 N–H and O–H groups in total. The van der Waals surface area contributed by atoms with Crippen molar-refractivity contribution in [1.82, 2.24) is 0 Å². The number of fused-ring (bicyclic) bond motifs is 5. The molecule has 2 aliphatic carbocycles. The molecule has 1 heteroatoms. The molecule has 0 spiro atoms. The van der Waals surface area contributed by atoms with Crippen LogP contribution in [0.4, 0.5) is 17.1 Å². The Balaban J connectivity index is 1.03. The van der Waals surface area contributed by atoms with Gasteiger partial charge in [-0.3, -0.25) is 0 Å². The summed E-state index contributed by atoms with van der Waals surface area (Å²) in [6.07, 6.45) is 0. The van der Waals surface area contributed by atoms with Crippen LogP contribution in [0, 0.1) is 0 Å². The average molecular weight is 672 g/mol. The molecule has 6 bridgehead atoms. The Hall–Kier alpha value is -6.96. The number of anilines is 3. The van der Waals surface area contributed by atoms with Crippen molar-refractivity contribution in [2.24, 2.45) is 0 Å². The van der Waals surface area contributed by atoms with Crippen LogP contribution in [0.2, 0.25) is 0 Å². The minimum absolute atomic E-state index is 1.12. The summed E-state index contributed by atoms with van der Waals surface area (Å²) in [5.41, 5.74) is 21.3.